The van der Waals surface area contributed by atoms with Gasteiger partial charge in [0.15, 0.2) is 0 Å². The summed E-state index contributed by atoms with van der Waals surface area (Å²) in [5.41, 5.74) is 1.20. The smallest absolute Gasteiger partial charge is 0.219 e. The number of ether oxygens (including phenoxy) is 1. The van der Waals surface area contributed by atoms with Crippen molar-refractivity contribution in [3.8, 4) is 5.75 Å². The van der Waals surface area contributed by atoms with Gasteiger partial charge in [0.05, 0.1) is 13.2 Å². The van der Waals surface area contributed by atoms with Gasteiger partial charge >= 0.3 is 0 Å². The van der Waals surface area contributed by atoms with E-state index >= 15 is 0 Å². The van der Waals surface area contributed by atoms with Gasteiger partial charge < -0.3 is 9.64 Å². The third kappa shape index (κ3) is 2.64. The Morgan fingerprint density at radius 3 is 2.83 bits per heavy atom. The van der Waals surface area contributed by atoms with Gasteiger partial charge in [-0.3, -0.25) is 9.69 Å². The Labute approximate surface area is 108 Å². The number of nitrogens with zero attached hydrogens (tertiary/aromatic N) is 2. The summed E-state index contributed by atoms with van der Waals surface area (Å²) in [7, 11) is 3.77. The minimum absolute atomic E-state index is 0.149. The van der Waals surface area contributed by atoms with Crippen molar-refractivity contribution in [3.05, 3.63) is 29.8 Å². The van der Waals surface area contributed by atoms with Crippen LogP contribution in [0.1, 0.15) is 18.5 Å². The standard InChI is InChI=1S/C14H20N2O2/c1-11(17)16-8-7-15(2)14(10-16)12-5-4-6-13(9-12)18-3/h4-6,9,14H,7-8,10H2,1-3H3. The molecule has 0 bridgehead atoms. The fourth-order valence-electron chi connectivity index (χ4n) is 2.37. The van der Waals surface area contributed by atoms with E-state index < -0.39 is 0 Å². The Morgan fingerprint density at radius 1 is 1.39 bits per heavy atom. The number of amides is 1. The number of methoxy groups -OCH3 is 1. The van der Waals surface area contributed by atoms with Crippen LogP contribution in [0.2, 0.25) is 0 Å². The van der Waals surface area contributed by atoms with E-state index in [9.17, 15) is 4.79 Å². The molecule has 1 aliphatic heterocycles. The summed E-state index contributed by atoms with van der Waals surface area (Å²) in [4.78, 5) is 15.7. The quantitative estimate of drug-likeness (QED) is 0.795. The summed E-state index contributed by atoms with van der Waals surface area (Å²) in [5, 5.41) is 0. The Bertz CT molecular complexity index is 434. The Balaban J connectivity index is 2.21. The Hall–Kier alpha value is -1.55. The van der Waals surface area contributed by atoms with Gasteiger partial charge in [-0.2, -0.15) is 0 Å². The molecule has 2 rings (SSSR count). The molecule has 0 radical (unpaired) electrons. The van der Waals surface area contributed by atoms with Crippen LogP contribution in [0.15, 0.2) is 24.3 Å². The first-order chi connectivity index (χ1) is 8.61. The number of hydrogen-bond donors (Lipinski definition) is 0. The van der Waals surface area contributed by atoms with Crippen LogP contribution in [0.3, 0.4) is 0 Å². The molecule has 1 aliphatic rings. The van der Waals surface area contributed by atoms with Crippen molar-refractivity contribution >= 4 is 5.91 Å². The lowest BCUT2D eigenvalue weighted by atomic mass is 10.0. The van der Waals surface area contributed by atoms with Crippen molar-refractivity contribution < 1.29 is 9.53 Å². The predicted octanol–water partition coefficient (Wildman–Crippen LogP) is 1.53. The van der Waals surface area contributed by atoms with E-state index in [0.29, 0.717) is 0 Å². The van der Waals surface area contributed by atoms with Gasteiger partial charge in [-0.15, -0.1) is 0 Å². The molecule has 0 saturated carbocycles. The van der Waals surface area contributed by atoms with Crippen LogP contribution in [0.5, 0.6) is 5.75 Å². The summed E-state index contributed by atoms with van der Waals surface area (Å²) in [5.74, 6) is 1.01. The van der Waals surface area contributed by atoms with Gasteiger partial charge in [0.2, 0.25) is 5.91 Å². The number of piperazine rings is 1. The van der Waals surface area contributed by atoms with Gasteiger partial charge in [0, 0.05) is 26.6 Å². The van der Waals surface area contributed by atoms with E-state index in [1.807, 2.05) is 23.1 Å². The summed E-state index contributed by atoms with van der Waals surface area (Å²) >= 11 is 0. The van der Waals surface area contributed by atoms with Crippen molar-refractivity contribution in [2.45, 2.75) is 13.0 Å². The largest absolute Gasteiger partial charge is 0.497 e. The second-order valence-electron chi connectivity index (χ2n) is 4.74. The van der Waals surface area contributed by atoms with Crippen molar-refractivity contribution in [2.75, 3.05) is 33.8 Å². The van der Waals surface area contributed by atoms with E-state index in [1.165, 1.54) is 5.56 Å². The minimum atomic E-state index is 0.149. The third-order valence-corrected chi connectivity index (χ3v) is 3.57. The molecule has 1 aromatic rings. The zero-order valence-electron chi connectivity index (χ0n) is 11.2. The number of rotatable bonds is 2. The van der Waals surface area contributed by atoms with Crippen LogP contribution < -0.4 is 4.74 Å². The van der Waals surface area contributed by atoms with Gasteiger partial charge in [0.25, 0.3) is 0 Å². The van der Waals surface area contributed by atoms with E-state index in [0.717, 1.165) is 25.4 Å². The molecule has 0 aliphatic carbocycles. The maximum atomic E-state index is 11.5. The van der Waals surface area contributed by atoms with Gasteiger partial charge in [-0.1, -0.05) is 12.1 Å². The van der Waals surface area contributed by atoms with Gasteiger partial charge in [-0.05, 0) is 24.7 Å². The first-order valence-corrected chi connectivity index (χ1v) is 6.21. The maximum Gasteiger partial charge on any atom is 0.219 e. The average molecular weight is 248 g/mol. The molecule has 1 fully saturated rings. The first-order valence-electron chi connectivity index (χ1n) is 6.21. The molecule has 18 heavy (non-hydrogen) atoms. The summed E-state index contributed by atoms with van der Waals surface area (Å²) in [6, 6.07) is 8.32. The van der Waals surface area contributed by atoms with Crippen LogP contribution >= 0.6 is 0 Å². The van der Waals surface area contributed by atoms with Crippen molar-refractivity contribution in [1.29, 1.82) is 0 Å². The fraction of sp³-hybridized carbons (Fsp3) is 0.500. The topological polar surface area (TPSA) is 32.8 Å². The highest BCUT2D eigenvalue weighted by molar-refractivity contribution is 5.73. The summed E-state index contributed by atoms with van der Waals surface area (Å²) in [6.07, 6.45) is 0. The SMILES string of the molecule is COc1cccc(C2CN(C(C)=O)CCN2C)c1. The minimum Gasteiger partial charge on any atom is -0.497 e. The fourth-order valence-corrected chi connectivity index (χ4v) is 2.37. The molecule has 1 heterocycles. The zero-order valence-corrected chi connectivity index (χ0v) is 11.2. The van der Waals surface area contributed by atoms with Crippen molar-refractivity contribution in [3.63, 3.8) is 0 Å². The lowest BCUT2D eigenvalue weighted by Crippen LogP contribution is -2.48. The molecular weight excluding hydrogens is 228 g/mol. The highest BCUT2D eigenvalue weighted by Gasteiger charge is 2.26. The second kappa shape index (κ2) is 5.40. The molecule has 1 atom stereocenters. The highest BCUT2D eigenvalue weighted by Crippen LogP contribution is 2.26. The number of likely N-dealkylation sites (N-methyl/N-ethyl adjacent to an activating group) is 1. The molecule has 0 aromatic heterocycles. The third-order valence-electron chi connectivity index (χ3n) is 3.57. The molecule has 98 valence electrons. The molecule has 1 saturated heterocycles. The lowest BCUT2D eigenvalue weighted by molar-refractivity contribution is -0.131. The predicted molar refractivity (Wildman–Crippen MR) is 70.6 cm³/mol. The molecule has 0 spiro atoms. The number of carbonyl (C=O) groups excluding carboxylic acids is 1. The van der Waals surface area contributed by atoms with Crippen LogP contribution in [0.4, 0.5) is 0 Å². The molecule has 1 amide bonds. The number of carbonyl (C=O) groups is 1. The monoisotopic (exact) mass is 248 g/mol. The van der Waals surface area contributed by atoms with Gasteiger partial charge in [-0.25, -0.2) is 0 Å². The maximum absolute atomic E-state index is 11.5. The Morgan fingerprint density at radius 2 is 2.17 bits per heavy atom. The van der Waals surface area contributed by atoms with Crippen molar-refractivity contribution in [2.24, 2.45) is 0 Å². The molecule has 4 heteroatoms. The van der Waals surface area contributed by atoms with E-state index in [1.54, 1.807) is 14.0 Å². The van der Waals surface area contributed by atoms with Gasteiger partial charge in [0.1, 0.15) is 5.75 Å². The van der Waals surface area contributed by atoms with Crippen LogP contribution in [0.25, 0.3) is 0 Å². The second-order valence-corrected chi connectivity index (χ2v) is 4.74. The molecule has 1 aromatic carbocycles. The molecule has 0 N–H and O–H groups in total. The summed E-state index contributed by atoms with van der Waals surface area (Å²) in [6.45, 7) is 4.10. The van der Waals surface area contributed by atoms with Crippen LogP contribution in [0, 0.1) is 0 Å². The number of benzene rings is 1. The van der Waals surface area contributed by atoms with Crippen LogP contribution in [-0.4, -0.2) is 49.5 Å². The van der Waals surface area contributed by atoms with E-state index in [-0.39, 0.29) is 11.9 Å². The summed E-state index contributed by atoms with van der Waals surface area (Å²) < 4.78 is 5.26. The van der Waals surface area contributed by atoms with E-state index in [2.05, 4.69) is 18.0 Å². The Kier molecular flexibility index (Phi) is 3.87. The normalized spacial score (nSPS) is 20.8. The first kappa shape index (κ1) is 12.9. The molecular formula is C14H20N2O2. The van der Waals surface area contributed by atoms with Crippen LogP contribution in [-0.2, 0) is 4.79 Å². The van der Waals surface area contributed by atoms with E-state index in [4.69, 9.17) is 4.74 Å². The number of hydrogen-bond acceptors (Lipinski definition) is 3. The zero-order chi connectivity index (χ0) is 13.1. The molecule has 4 nitrogen and oxygen atoms in total. The lowest BCUT2D eigenvalue weighted by Gasteiger charge is -2.39. The molecule has 1 unspecified atom stereocenters. The van der Waals surface area contributed by atoms with Crippen molar-refractivity contribution in [1.82, 2.24) is 9.80 Å². The average Bonchev–Trinajstić information content (AvgIpc) is 2.39. The highest BCUT2D eigenvalue weighted by atomic mass is 16.5.